The molecular weight excluding hydrogens is 228 g/mol. The van der Waals surface area contributed by atoms with E-state index in [2.05, 4.69) is 12.1 Å². The Kier molecular flexibility index (Phi) is 4.90. The minimum absolute atomic E-state index is 0.221. The van der Waals surface area contributed by atoms with Crippen molar-refractivity contribution < 1.29 is 14.3 Å². The molecule has 1 saturated carbocycles. The van der Waals surface area contributed by atoms with Gasteiger partial charge in [-0.3, -0.25) is 4.79 Å². The Labute approximate surface area is 108 Å². The third-order valence-corrected chi connectivity index (χ3v) is 3.36. The van der Waals surface area contributed by atoms with Crippen molar-refractivity contribution in [2.75, 3.05) is 26.9 Å². The average molecular weight is 248 g/mol. The number of ether oxygens (including phenoxy) is 2. The first kappa shape index (κ1) is 13.2. The number of methoxy groups -OCH3 is 1. The van der Waals surface area contributed by atoms with Crippen molar-refractivity contribution in [3.05, 3.63) is 35.9 Å². The summed E-state index contributed by atoms with van der Waals surface area (Å²) in [5.74, 6) is 0.998. The van der Waals surface area contributed by atoms with Gasteiger partial charge in [0.15, 0.2) is 0 Å². The van der Waals surface area contributed by atoms with Crippen LogP contribution in [0.4, 0.5) is 0 Å². The third kappa shape index (κ3) is 3.65. The van der Waals surface area contributed by atoms with Crippen molar-refractivity contribution in [3.8, 4) is 0 Å². The lowest BCUT2D eigenvalue weighted by Crippen LogP contribution is -2.09. The van der Waals surface area contributed by atoms with Gasteiger partial charge in [-0.25, -0.2) is 0 Å². The average Bonchev–Trinajstić information content (AvgIpc) is 3.20. The number of benzene rings is 1. The Bertz CT molecular complexity index is 375. The first-order chi connectivity index (χ1) is 8.83. The van der Waals surface area contributed by atoms with Crippen LogP contribution in [-0.2, 0) is 14.3 Å². The predicted molar refractivity (Wildman–Crippen MR) is 69.6 cm³/mol. The van der Waals surface area contributed by atoms with E-state index < -0.39 is 0 Å². The Balaban J connectivity index is 1.67. The highest BCUT2D eigenvalue weighted by Gasteiger charge is 2.42. The zero-order valence-corrected chi connectivity index (χ0v) is 10.8. The fourth-order valence-corrected chi connectivity index (χ4v) is 2.22. The third-order valence-electron chi connectivity index (χ3n) is 3.36. The summed E-state index contributed by atoms with van der Waals surface area (Å²) in [6.45, 7) is 1.67. The molecule has 0 heterocycles. The maximum absolute atomic E-state index is 11.9. The predicted octanol–water partition coefficient (Wildman–Crippen LogP) is 2.41. The molecule has 0 N–H and O–H groups in total. The molecule has 0 radical (unpaired) electrons. The summed E-state index contributed by atoms with van der Waals surface area (Å²) in [7, 11) is 1.64. The van der Waals surface area contributed by atoms with E-state index in [9.17, 15) is 4.79 Å². The van der Waals surface area contributed by atoms with Crippen molar-refractivity contribution in [1.82, 2.24) is 0 Å². The summed E-state index contributed by atoms with van der Waals surface area (Å²) in [6, 6.07) is 10.3. The molecule has 1 aliphatic rings. The van der Waals surface area contributed by atoms with Gasteiger partial charge >= 0.3 is 0 Å². The Morgan fingerprint density at radius 1 is 1.22 bits per heavy atom. The van der Waals surface area contributed by atoms with Crippen LogP contribution in [0.5, 0.6) is 0 Å². The van der Waals surface area contributed by atoms with Gasteiger partial charge < -0.3 is 9.47 Å². The molecule has 1 aromatic carbocycles. The van der Waals surface area contributed by atoms with Gasteiger partial charge in [0.25, 0.3) is 0 Å². The standard InChI is InChI=1S/C15H20O3/c1-17-9-10-18-8-7-15(16)14-11-13(14)12-5-3-2-4-6-12/h2-6,13-14H,7-11H2,1H3. The summed E-state index contributed by atoms with van der Waals surface area (Å²) in [5, 5.41) is 0. The van der Waals surface area contributed by atoms with Gasteiger partial charge in [0.2, 0.25) is 0 Å². The summed E-state index contributed by atoms with van der Waals surface area (Å²) in [4.78, 5) is 11.9. The molecule has 2 atom stereocenters. The Hall–Kier alpha value is -1.19. The normalized spacial score (nSPS) is 21.8. The topological polar surface area (TPSA) is 35.5 Å². The van der Waals surface area contributed by atoms with Crippen LogP contribution >= 0.6 is 0 Å². The monoisotopic (exact) mass is 248 g/mol. The molecule has 1 fully saturated rings. The molecule has 0 saturated heterocycles. The quantitative estimate of drug-likeness (QED) is 0.663. The number of ketones is 1. The van der Waals surface area contributed by atoms with Crippen molar-refractivity contribution in [3.63, 3.8) is 0 Å². The molecule has 0 spiro atoms. The second-order valence-corrected chi connectivity index (χ2v) is 4.68. The van der Waals surface area contributed by atoms with Crippen LogP contribution < -0.4 is 0 Å². The number of carbonyl (C=O) groups is 1. The maximum atomic E-state index is 11.9. The highest BCUT2D eigenvalue weighted by atomic mass is 16.5. The van der Waals surface area contributed by atoms with E-state index in [0.29, 0.717) is 37.9 Å². The molecule has 1 aromatic rings. The molecule has 3 heteroatoms. The van der Waals surface area contributed by atoms with Crippen LogP contribution in [-0.4, -0.2) is 32.7 Å². The smallest absolute Gasteiger partial charge is 0.138 e. The van der Waals surface area contributed by atoms with E-state index in [4.69, 9.17) is 9.47 Å². The fourth-order valence-electron chi connectivity index (χ4n) is 2.22. The van der Waals surface area contributed by atoms with Gasteiger partial charge in [0, 0.05) is 19.4 Å². The minimum Gasteiger partial charge on any atom is -0.382 e. The second kappa shape index (κ2) is 6.66. The molecule has 3 nitrogen and oxygen atoms in total. The zero-order chi connectivity index (χ0) is 12.8. The summed E-state index contributed by atoms with van der Waals surface area (Å²) < 4.78 is 10.2. The lowest BCUT2D eigenvalue weighted by atomic mass is 10.1. The van der Waals surface area contributed by atoms with Gasteiger partial charge in [0.1, 0.15) is 5.78 Å². The van der Waals surface area contributed by atoms with Crippen LogP contribution in [0.3, 0.4) is 0 Å². The molecule has 0 aromatic heterocycles. The molecule has 0 amide bonds. The highest BCUT2D eigenvalue weighted by molar-refractivity contribution is 5.85. The van der Waals surface area contributed by atoms with E-state index in [1.807, 2.05) is 18.2 Å². The summed E-state index contributed by atoms with van der Waals surface area (Å²) in [5.41, 5.74) is 1.29. The maximum Gasteiger partial charge on any atom is 0.138 e. The van der Waals surface area contributed by atoms with Crippen LogP contribution in [0.15, 0.2) is 30.3 Å². The molecule has 18 heavy (non-hydrogen) atoms. The van der Waals surface area contributed by atoms with Gasteiger partial charge in [-0.2, -0.15) is 0 Å². The molecule has 98 valence electrons. The van der Waals surface area contributed by atoms with Crippen molar-refractivity contribution >= 4 is 5.78 Å². The number of carbonyl (C=O) groups excluding carboxylic acids is 1. The van der Waals surface area contributed by atoms with E-state index in [-0.39, 0.29) is 5.92 Å². The van der Waals surface area contributed by atoms with E-state index in [1.54, 1.807) is 7.11 Å². The lowest BCUT2D eigenvalue weighted by molar-refractivity contribution is -0.121. The first-order valence-corrected chi connectivity index (χ1v) is 6.47. The van der Waals surface area contributed by atoms with Gasteiger partial charge in [-0.1, -0.05) is 30.3 Å². The summed E-state index contributed by atoms with van der Waals surface area (Å²) >= 11 is 0. The molecule has 0 bridgehead atoms. The number of rotatable bonds is 8. The number of hydrogen-bond donors (Lipinski definition) is 0. The summed E-state index contributed by atoms with van der Waals surface area (Å²) in [6.07, 6.45) is 1.53. The van der Waals surface area contributed by atoms with Crippen molar-refractivity contribution in [2.45, 2.75) is 18.8 Å². The highest BCUT2D eigenvalue weighted by Crippen LogP contribution is 2.48. The Morgan fingerprint density at radius 3 is 2.72 bits per heavy atom. The van der Waals surface area contributed by atoms with Crippen molar-refractivity contribution in [2.24, 2.45) is 5.92 Å². The molecule has 2 unspecified atom stereocenters. The van der Waals surface area contributed by atoms with E-state index in [1.165, 1.54) is 5.56 Å². The van der Waals surface area contributed by atoms with E-state index in [0.717, 1.165) is 6.42 Å². The van der Waals surface area contributed by atoms with E-state index >= 15 is 0 Å². The van der Waals surface area contributed by atoms with Gasteiger partial charge in [-0.15, -0.1) is 0 Å². The first-order valence-electron chi connectivity index (χ1n) is 6.47. The second-order valence-electron chi connectivity index (χ2n) is 4.68. The molecular formula is C15H20O3. The minimum atomic E-state index is 0.221. The largest absolute Gasteiger partial charge is 0.382 e. The van der Waals surface area contributed by atoms with Crippen LogP contribution in [0.25, 0.3) is 0 Å². The number of hydrogen-bond acceptors (Lipinski definition) is 3. The fraction of sp³-hybridized carbons (Fsp3) is 0.533. The van der Waals surface area contributed by atoms with Gasteiger partial charge in [0.05, 0.1) is 19.8 Å². The van der Waals surface area contributed by atoms with Crippen LogP contribution in [0.2, 0.25) is 0 Å². The zero-order valence-electron chi connectivity index (χ0n) is 10.8. The number of Topliss-reactive ketones (excluding diaryl/α,β-unsaturated/α-hetero) is 1. The molecule has 1 aliphatic carbocycles. The van der Waals surface area contributed by atoms with Gasteiger partial charge in [-0.05, 0) is 17.9 Å². The molecule has 2 rings (SSSR count). The molecule has 0 aliphatic heterocycles. The SMILES string of the molecule is COCCOCCC(=O)C1CC1c1ccccc1. The van der Waals surface area contributed by atoms with Crippen LogP contribution in [0.1, 0.15) is 24.3 Å². The van der Waals surface area contributed by atoms with Crippen LogP contribution in [0, 0.1) is 5.92 Å². The Morgan fingerprint density at radius 2 is 2.00 bits per heavy atom. The lowest BCUT2D eigenvalue weighted by Gasteiger charge is -2.03. The van der Waals surface area contributed by atoms with Crippen molar-refractivity contribution in [1.29, 1.82) is 0 Å².